The number of hydrogen-bond acceptors (Lipinski definition) is 6. The predicted octanol–water partition coefficient (Wildman–Crippen LogP) is -0.417. The Morgan fingerprint density at radius 3 is 2.67 bits per heavy atom. The van der Waals surface area contributed by atoms with E-state index in [-0.39, 0.29) is 18.0 Å². The monoisotopic (exact) mass is 411 g/mol. The van der Waals surface area contributed by atoms with Crippen molar-refractivity contribution in [1.82, 2.24) is 24.7 Å². The maximum absolute atomic E-state index is 13.0. The number of carbonyl (C=O) groups is 2. The van der Waals surface area contributed by atoms with Crippen molar-refractivity contribution >= 4 is 22.8 Å². The van der Waals surface area contributed by atoms with Crippen molar-refractivity contribution in [3.63, 3.8) is 0 Å². The number of imide groups is 1. The molecule has 2 N–H and O–H groups in total. The van der Waals surface area contributed by atoms with Crippen molar-refractivity contribution < 1.29 is 14.3 Å². The standard InChI is InChI=1S/C21H25N5O4/c1-24-19-14(4-3-11-25-12-9-22-10-13-25)17(30-2)7-5-15(19)26(21(24)29)16-6-8-18(27)23-20(16)28/h5,7,16,22H,6,8-13H2,1-2H3,(H,23,27,28). The van der Waals surface area contributed by atoms with E-state index in [0.29, 0.717) is 35.3 Å². The van der Waals surface area contributed by atoms with Crippen LogP contribution in [0.4, 0.5) is 0 Å². The molecule has 1 aromatic heterocycles. The topological polar surface area (TPSA) is 97.6 Å². The number of aryl methyl sites for hydroxylation is 1. The minimum Gasteiger partial charge on any atom is -0.495 e. The second-order valence-electron chi connectivity index (χ2n) is 7.52. The first-order valence-corrected chi connectivity index (χ1v) is 10.0. The Morgan fingerprint density at radius 1 is 1.20 bits per heavy atom. The number of imidazole rings is 1. The molecular formula is C21H25N5O4. The van der Waals surface area contributed by atoms with Crippen LogP contribution in [0.2, 0.25) is 0 Å². The SMILES string of the molecule is COc1ccc2c(c1C#CCN1CCNCC1)n(C)c(=O)n2C1CCC(=O)NC1=O. The maximum atomic E-state index is 13.0. The van der Waals surface area contributed by atoms with Crippen molar-refractivity contribution in [3.8, 4) is 17.6 Å². The molecule has 2 amide bonds. The number of ether oxygens (including phenoxy) is 1. The van der Waals surface area contributed by atoms with Crippen LogP contribution in [0.25, 0.3) is 11.0 Å². The molecule has 2 aliphatic heterocycles. The summed E-state index contributed by atoms with van der Waals surface area (Å²) in [7, 11) is 3.23. The van der Waals surface area contributed by atoms with Gasteiger partial charge in [-0.2, -0.15) is 0 Å². The summed E-state index contributed by atoms with van der Waals surface area (Å²) in [6.45, 7) is 4.41. The van der Waals surface area contributed by atoms with Crippen LogP contribution in [0.5, 0.6) is 5.75 Å². The van der Waals surface area contributed by atoms with E-state index in [4.69, 9.17) is 4.74 Å². The number of nitrogens with one attached hydrogen (secondary N) is 2. The molecule has 0 bridgehead atoms. The van der Waals surface area contributed by atoms with E-state index in [1.165, 1.54) is 9.13 Å². The molecule has 1 atom stereocenters. The number of fused-ring (bicyclic) bond motifs is 1. The first kappa shape index (κ1) is 20.2. The number of aromatic nitrogens is 2. The molecular weight excluding hydrogens is 386 g/mol. The molecule has 0 saturated carbocycles. The highest BCUT2D eigenvalue weighted by Gasteiger charge is 2.32. The summed E-state index contributed by atoms with van der Waals surface area (Å²) in [6, 6.07) is 2.80. The number of nitrogens with zero attached hydrogens (tertiary/aromatic N) is 3. The third-order valence-corrected chi connectivity index (χ3v) is 5.67. The Balaban J connectivity index is 1.78. The second kappa shape index (κ2) is 8.34. The fraction of sp³-hybridized carbons (Fsp3) is 0.476. The van der Waals surface area contributed by atoms with Gasteiger partial charge in [0.2, 0.25) is 11.8 Å². The lowest BCUT2D eigenvalue weighted by Gasteiger charge is -2.24. The summed E-state index contributed by atoms with van der Waals surface area (Å²) < 4.78 is 8.46. The molecule has 9 heteroatoms. The van der Waals surface area contributed by atoms with E-state index in [2.05, 4.69) is 27.4 Å². The smallest absolute Gasteiger partial charge is 0.329 e. The number of hydrogen-bond donors (Lipinski definition) is 2. The fourth-order valence-corrected chi connectivity index (χ4v) is 4.09. The van der Waals surface area contributed by atoms with Gasteiger partial charge in [-0.3, -0.25) is 28.9 Å². The molecule has 1 aromatic carbocycles. The number of rotatable bonds is 3. The molecule has 0 spiro atoms. The van der Waals surface area contributed by atoms with Crippen molar-refractivity contribution in [1.29, 1.82) is 0 Å². The van der Waals surface area contributed by atoms with Gasteiger partial charge < -0.3 is 10.1 Å². The highest BCUT2D eigenvalue weighted by molar-refractivity contribution is 6.00. The summed E-state index contributed by atoms with van der Waals surface area (Å²) in [5.74, 6) is 6.21. The highest BCUT2D eigenvalue weighted by atomic mass is 16.5. The van der Waals surface area contributed by atoms with E-state index in [1.807, 2.05) is 0 Å². The van der Waals surface area contributed by atoms with E-state index in [1.54, 1.807) is 26.3 Å². The average Bonchev–Trinajstić information content (AvgIpc) is 3.00. The van der Waals surface area contributed by atoms with E-state index < -0.39 is 11.9 Å². The van der Waals surface area contributed by atoms with Crippen molar-refractivity contribution in [2.75, 3.05) is 39.8 Å². The molecule has 4 rings (SSSR count). The Bertz CT molecular complexity index is 1110. The van der Waals surface area contributed by atoms with Gasteiger partial charge in [-0.1, -0.05) is 11.8 Å². The minimum atomic E-state index is -0.728. The number of benzene rings is 1. The first-order valence-electron chi connectivity index (χ1n) is 10.0. The first-order chi connectivity index (χ1) is 14.5. The van der Waals surface area contributed by atoms with Gasteiger partial charge in [0.05, 0.1) is 30.3 Å². The zero-order valence-corrected chi connectivity index (χ0v) is 17.2. The lowest BCUT2D eigenvalue weighted by Crippen LogP contribution is -2.44. The van der Waals surface area contributed by atoms with Crippen LogP contribution in [0.3, 0.4) is 0 Å². The molecule has 9 nitrogen and oxygen atoms in total. The molecule has 2 aromatic rings. The molecule has 1 unspecified atom stereocenters. The van der Waals surface area contributed by atoms with Gasteiger partial charge in [0, 0.05) is 39.6 Å². The van der Waals surface area contributed by atoms with Gasteiger partial charge in [-0.15, -0.1) is 0 Å². The van der Waals surface area contributed by atoms with Gasteiger partial charge in [0.1, 0.15) is 11.8 Å². The lowest BCUT2D eigenvalue weighted by molar-refractivity contribution is -0.135. The molecule has 0 aliphatic carbocycles. The van der Waals surface area contributed by atoms with Crippen molar-refractivity contribution in [3.05, 3.63) is 28.2 Å². The second-order valence-corrected chi connectivity index (χ2v) is 7.52. The third kappa shape index (κ3) is 3.60. The van der Waals surface area contributed by atoms with Crippen LogP contribution >= 0.6 is 0 Å². The van der Waals surface area contributed by atoms with Crippen LogP contribution in [0.1, 0.15) is 24.4 Å². The van der Waals surface area contributed by atoms with Crippen LogP contribution < -0.4 is 21.1 Å². The van der Waals surface area contributed by atoms with Gasteiger partial charge in [0.15, 0.2) is 0 Å². The van der Waals surface area contributed by atoms with Gasteiger partial charge in [0.25, 0.3) is 0 Å². The predicted molar refractivity (Wildman–Crippen MR) is 111 cm³/mol. The van der Waals surface area contributed by atoms with Crippen LogP contribution in [0.15, 0.2) is 16.9 Å². The van der Waals surface area contributed by atoms with Gasteiger partial charge in [-0.25, -0.2) is 4.79 Å². The molecule has 2 aliphatic rings. The van der Waals surface area contributed by atoms with Gasteiger partial charge >= 0.3 is 5.69 Å². The number of carbonyl (C=O) groups excluding carboxylic acids is 2. The lowest BCUT2D eigenvalue weighted by atomic mass is 10.1. The highest BCUT2D eigenvalue weighted by Crippen LogP contribution is 2.29. The Morgan fingerprint density at radius 2 is 1.97 bits per heavy atom. The average molecular weight is 411 g/mol. The van der Waals surface area contributed by atoms with Crippen molar-refractivity contribution in [2.45, 2.75) is 18.9 Å². The summed E-state index contributed by atoms with van der Waals surface area (Å²) in [5, 5.41) is 5.64. The summed E-state index contributed by atoms with van der Waals surface area (Å²) in [6.07, 6.45) is 0.493. The van der Waals surface area contributed by atoms with E-state index in [0.717, 1.165) is 26.2 Å². The zero-order chi connectivity index (χ0) is 21.3. The quantitative estimate of drug-likeness (QED) is 0.526. The third-order valence-electron chi connectivity index (χ3n) is 5.67. The minimum absolute atomic E-state index is 0.201. The number of piperazine rings is 1. The summed E-state index contributed by atoms with van der Waals surface area (Å²) in [5.41, 5.74) is 1.52. The molecule has 0 radical (unpaired) electrons. The van der Waals surface area contributed by atoms with E-state index >= 15 is 0 Å². The molecule has 30 heavy (non-hydrogen) atoms. The Hall–Kier alpha value is -3.09. The molecule has 2 fully saturated rings. The molecule has 3 heterocycles. The Kier molecular flexibility index (Phi) is 5.61. The number of amides is 2. The maximum Gasteiger partial charge on any atom is 0.329 e. The van der Waals surface area contributed by atoms with Crippen LogP contribution in [-0.4, -0.2) is 65.7 Å². The Labute approximate surface area is 174 Å². The normalized spacial score (nSPS) is 20.0. The van der Waals surface area contributed by atoms with Crippen LogP contribution in [-0.2, 0) is 16.6 Å². The van der Waals surface area contributed by atoms with Gasteiger partial charge in [-0.05, 0) is 18.6 Å². The molecule has 158 valence electrons. The number of methoxy groups -OCH3 is 1. The fourth-order valence-electron chi connectivity index (χ4n) is 4.09. The molecule has 2 saturated heterocycles. The zero-order valence-electron chi connectivity index (χ0n) is 17.2. The number of piperidine rings is 1. The van der Waals surface area contributed by atoms with E-state index in [9.17, 15) is 14.4 Å². The summed E-state index contributed by atoms with van der Waals surface area (Å²) >= 11 is 0. The summed E-state index contributed by atoms with van der Waals surface area (Å²) in [4.78, 5) is 39.2. The largest absolute Gasteiger partial charge is 0.495 e. The van der Waals surface area contributed by atoms with Crippen molar-refractivity contribution in [2.24, 2.45) is 7.05 Å². The van der Waals surface area contributed by atoms with Crippen LogP contribution in [0, 0.1) is 11.8 Å².